The summed E-state index contributed by atoms with van der Waals surface area (Å²) in [6, 6.07) is 4.18. The van der Waals surface area contributed by atoms with Crippen molar-refractivity contribution in [3.63, 3.8) is 0 Å². The standard InChI is InChI=1S/C13H20N2OS/c1-10(11-6-5-9-17-11)15-12(16)13(2)7-3-4-8-14-13/h5-6,9-10,14H,3-4,7-8H2,1-2H3,(H,15,16). The van der Waals surface area contributed by atoms with E-state index in [0.717, 1.165) is 19.4 Å². The predicted octanol–water partition coefficient (Wildman–Crippen LogP) is 2.46. The van der Waals surface area contributed by atoms with Gasteiger partial charge in [-0.3, -0.25) is 4.79 Å². The van der Waals surface area contributed by atoms with E-state index in [1.54, 1.807) is 11.3 Å². The van der Waals surface area contributed by atoms with E-state index in [2.05, 4.69) is 16.7 Å². The summed E-state index contributed by atoms with van der Waals surface area (Å²) in [7, 11) is 0. The first-order valence-electron chi connectivity index (χ1n) is 6.21. The lowest BCUT2D eigenvalue weighted by Crippen LogP contribution is -2.57. The van der Waals surface area contributed by atoms with Gasteiger partial charge in [0, 0.05) is 4.88 Å². The quantitative estimate of drug-likeness (QED) is 0.867. The van der Waals surface area contributed by atoms with Crippen LogP contribution in [0.5, 0.6) is 0 Å². The zero-order chi connectivity index (χ0) is 12.3. The van der Waals surface area contributed by atoms with Crippen molar-refractivity contribution in [3.05, 3.63) is 22.4 Å². The smallest absolute Gasteiger partial charge is 0.240 e. The molecule has 4 heteroatoms. The van der Waals surface area contributed by atoms with Gasteiger partial charge in [0.2, 0.25) is 5.91 Å². The van der Waals surface area contributed by atoms with E-state index >= 15 is 0 Å². The Kier molecular flexibility index (Phi) is 3.84. The maximum atomic E-state index is 12.3. The fraction of sp³-hybridized carbons (Fsp3) is 0.615. The molecule has 2 unspecified atom stereocenters. The van der Waals surface area contributed by atoms with Gasteiger partial charge in [-0.2, -0.15) is 0 Å². The van der Waals surface area contributed by atoms with Gasteiger partial charge in [-0.25, -0.2) is 0 Å². The minimum Gasteiger partial charge on any atom is -0.347 e. The predicted molar refractivity (Wildman–Crippen MR) is 71.1 cm³/mol. The van der Waals surface area contributed by atoms with Gasteiger partial charge in [0.15, 0.2) is 0 Å². The Hall–Kier alpha value is -0.870. The molecule has 1 aliphatic rings. The van der Waals surface area contributed by atoms with Gasteiger partial charge in [0.05, 0.1) is 11.6 Å². The zero-order valence-corrected chi connectivity index (χ0v) is 11.3. The molecular formula is C13H20N2OS. The summed E-state index contributed by atoms with van der Waals surface area (Å²) >= 11 is 1.68. The van der Waals surface area contributed by atoms with Crippen LogP contribution in [0, 0.1) is 0 Å². The van der Waals surface area contributed by atoms with Gasteiger partial charge in [-0.05, 0) is 51.1 Å². The molecule has 17 heavy (non-hydrogen) atoms. The summed E-state index contributed by atoms with van der Waals surface area (Å²) in [4.78, 5) is 13.5. The van der Waals surface area contributed by atoms with Crippen molar-refractivity contribution in [2.24, 2.45) is 0 Å². The Morgan fingerprint density at radius 1 is 1.59 bits per heavy atom. The second-order valence-electron chi connectivity index (χ2n) is 4.93. The van der Waals surface area contributed by atoms with Crippen molar-refractivity contribution < 1.29 is 4.79 Å². The molecule has 1 aromatic heterocycles. The molecular weight excluding hydrogens is 232 g/mol. The third-order valence-corrected chi connectivity index (χ3v) is 4.49. The first kappa shape index (κ1) is 12.6. The average Bonchev–Trinajstić information content (AvgIpc) is 2.83. The van der Waals surface area contributed by atoms with E-state index in [4.69, 9.17) is 0 Å². The van der Waals surface area contributed by atoms with Gasteiger partial charge < -0.3 is 10.6 Å². The molecule has 1 fully saturated rings. The molecule has 2 atom stereocenters. The van der Waals surface area contributed by atoms with Crippen molar-refractivity contribution in [1.82, 2.24) is 10.6 Å². The second-order valence-corrected chi connectivity index (χ2v) is 5.91. The molecule has 3 nitrogen and oxygen atoms in total. The second kappa shape index (κ2) is 5.19. The normalized spacial score (nSPS) is 26.5. The first-order valence-corrected chi connectivity index (χ1v) is 7.09. The van der Waals surface area contributed by atoms with E-state index in [9.17, 15) is 4.79 Å². The van der Waals surface area contributed by atoms with Crippen molar-refractivity contribution in [1.29, 1.82) is 0 Å². The van der Waals surface area contributed by atoms with Crippen molar-refractivity contribution in [2.75, 3.05) is 6.54 Å². The van der Waals surface area contributed by atoms with Gasteiger partial charge in [0.25, 0.3) is 0 Å². The number of nitrogens with one attached hydrogen (secondary N) is 2. The highest BCUT2D eigenvalue weighted by Gasteiger charge is 2.34. The van der Waals surface area contributed by atoms with Crippen LogP contribution in [0.25, 0.3) is 0 Å². The molecule has 2 N–H and O–H groups in total. The summed E-state index contributed by atoms with van der Waals surface area (Å²) < 4.78 is 0. The fourth-order valence-corrected chi connectivity index (χ4v) is 2.95. The highest BCUT2D eigenvalue weighted by molar-refractivity contribution is 7.10. The van der Waals surface area contributed by atoms with Gasteiger partial charge >= 0.3 is 0 Å². The van der Waals surface area contributed by atoms with E-state index in [1.807, 2.05) is 25.3 Å². The molecule has 0 bridgehead atoms. The number of hydrogen-bond donors (Lipinski definition) is 2. The van der Waals surface area contributed by atoms with E-state index in [1.165, 1.54) is 11.3 Å². The van der Waals surface area contributed by atoms with Crippen LogP contribution in [0.1, 0.15) is 44.0 Å². The van der Waals surface area contributed by atoms with Crippen molar-refractivity contribution >= 4 is 17.2 Å². The lowest BCUT2D eigenvalue weighted by atomic mass is 9.90. The van der Waals surface area contributed by atoms with Crippen LogP contribution in [-0.4, -0.2) is 18.0 Å². The van der Waals surface area contributed by atoms with Crippen LogP contribution >= 0.6 is 11.3 Å². The summed E-state index contributed by atoms with van der Waals surface area (Å²) in [5.74, 6) is 0.123. The topological polar surface area (TPSA) is 41.1 Å². The van der Waals surface area contributed by atoms with Crippen LogP contribution in [0.3, 0.4) is 0 Å². The Morgan fingerprint density at radius 3 is 3.00 bits per heavy atom. The number of hydrogen-bond acceptors (Lipinski definition) is 3. The highest BCUT2D eigenvalue weighted by Crippen LogP contribution is 2.22. The number of piperidine rings is 1. The summed E-state index contributed by atoms with van der Waals surface area (Å²) in [6.45, 7) is 4.98. The fourth-order valence-electron chi connectivity index (χ4n) is 2.21. The Balaban J connectivity index is 1.96. The Labute approximate surface area is 107 Å². The minimum atomic E-state index is -0.385. The molecule has 0 radical (unpaired) electrons. The highest BCUT2D eigenvalue weighted by atomic mass is 32.1. The van der Waals surface area contributed by atoms with Gasteiger partial charge in [-0.1, -0.05) is 6.07 Å². The minimum absolute atomic E-state index is 0.100. The van der Waals surface area contributed by atoms with E-state index < -0.39 is 0 Å². The summed E-state index contributed by atoms with van der Waals surface area (Å²) in [5, 5.41) is 8.48. The van der Waals surface area contributed by atoms with Crippen molar-refractivity contribution in [3.8, 4) is 0 Å². The molecule has 0 spiro atoms. The number of amides is 1. The molecule has 1 amide bonds. The average molecular weight is 252 g/mol. The summed E-state index contributed by atoms with van der Waals surface area (Å²) in [5.41, 5.74) is -0.385. The molecule has 1 aromatic rings. The molecule has 1 aliphatic heterocycles. The van der Waals surface area contributed by atoms with Crippen LogP contribution in [0.15, 0.2) is 17.5 Å². The number of carbonyl (C=O) groups is 1. The number of rotatable bonds is 3. The third kappa shape index (κ3) is 2.87. The Morgan fingerprint density at radius 2 is 2.41 bits per heavy atom. The maximum absolute atomic E-state index is 12.3. The zero-order valence-electron chi connectivity index (χ0n) is 10.5. The van der Waals surface area contributed by atoms with Gasteiger partial charge in [-0.15, -0.1) is 11.3 Å². The molecule has 2 heterocycles. The third-order valence-electron chi connectivity index (χ3n) is 3.44. The molecule has 94 valence electrons. The molecule has 2 rings (SSSR count). The number of thiophene rings is 1. The lowest BCUT2D eigenvalue weighted by Gasteiger charge is -2.34. The summed E-state index contributed by atoms with van der Waals surface area (Å²) in [6.07, 6.45) is 3.23. The lowest BCUT2D eigenvalue weighted by molar-refractivity contribution is -0.128. The first-order chi connectivity index (χ1) is 8.12. The monoisotopic (exact) mass is 252 g/mol. The maximum Gasteiger partial charge on any atom is 0.240 e. The van der Waals surface area contributed by atoms with Crippen LogP contribution in [-0.2, 0) is 4.79 Å². The van der Waals surface area contributed by atoms with E-state index in [-0.39, 0.29) is 17.5 Å². The van der Waals surface area contributed by atoms with Crippen LogP contribution in [0.4, 0.5) is 0 Å². The molecule has 0 aromatic carbocycles. The largest absolute Gasteiger partial charge is 0.347 e. The van der Waals surface area contributed by atoms with Crippen LogP contribution in [0.2, 0.25) is 0 Å². The Bertz CT molecular complexity index is 369. The van der Waals surface area contributed by atoms with Crippen molar-refractivity contribution in [2.45, 2.75) is 44.7 Å². The molecule has 0 aliphatic carbocycles. The SMILES string of the molecule is CC(NC(=O)C1(C)CCCCN1)c1cccs1. The van der Waals surface area contributed by atoms with Crippen LogP contribution < -0.4 is 10.6 Å². The molecule has 0 saturated carbocycles. The number of carbonyl (C=O) groups excluding carboxylic acids is 1. The molecule has 1 saturated heterocycles. The van der Waals surface area contributed by atoms with E-state index in [0.29, 0.717) is 0 Å². The van der Waals surface area contributed by atoms with Gasteiger partial charge in [0.1, 0.15) is 0 Å².